The van der Waals surface area contributed by atoms with Crippen LogP contribution in [0.25, 0.3) is 0 Å². The number of hydrogen-bond donors (Lipinski definition) is 2. The van der Waals surface area contributed by atoms with E-state index in [2.05, 4.69) is 11.8 Å². The Morgan fingerprint density at radius 3 is 2.53 bits per heavy atom. The minimum absolute atomic E-state index is 0.178. The number of aliphatic hydroxyl groups excluding tert-OH is 1. The van der Waals surface area contributed by atoms with Crippen molar-refractivity contribution >= 4 is 6.09 Å². The first-order valence-corrected chi connectivity index (χ1v) is 5.76. The third kappa shape index (κ3) is 6.82. The molecule has 0 radical (unpaired) electrons. The van der Waals surface area contributed by atoms with Gasteiger partial charge in [-0.2, -0.15) is 0 Å². The molecule has 0 aromatic carbocycles. The number of aliphatic hydroxyl groups is 1. The summed E-state index contributed by atoms with van der Waals surface area (Å²) in [6.07, 6.45) is 0.445. The lowest BCUT2D eigenvalue weighted by molar-refractivity contribution is 0.147. The average Bonchev–Trinajstić information content (AvgIpc) is 2.31. The van der Waals surface area contributed by atoms with E-state index in [4.69, 9.17) is 10.2 Å². The number of amides is 1. The van der Waals surface area contributed by atoms with Crippen LogP contribution >= 0.6 is 0 Å². The summed E-state index contributed by atoms with van der Waals surface area (Å²) < 4.78 is 0. The second kappa shape index (κ2) is 8.85. The van der Waals surface area contributed by atoms with Gasteiger partial charge in [-0.25, -0.2) is 4.79 Å². The maximum Gasteiger partial charge on any atom is 0.408 e. The van der Waals surface area contributed by atoms with E-state index in [-0.39, 0.29) is 12.6 Å². The summed E-state index contributed by atoms with van der Waals surface area (Å²) in [6, 6.07) is -0.251. The van der Waals surface area contributed by atoms with Gasteiger partial charge in [0.1, 0.15) is 0 Å². The molecule has 0 aromatic heterocycles. The third-order valence-electron chi connectivity index (χ3n) is 2.47. The number of carbonyl (C=O) groups is 1. The molecule has 1 atom stereocenters. The SMILES string of the molecule is CCC(C#CCN(C)CCCO)N(C)C(=O)O. The van der Waals surface area contributed by atoms with E-state index in [9.17, 15) is 4.79 Å². The molecule has 0 aliphatic rings. The highest BCUT2D eigenvalue weighted by Gasteiger charge is 2.14. The van der Waals surface area contributed by atoms with Crippen LogP contribution in [0.3, 0.4) is 0 Å². The fourth-order valence-corrected chi connectivity index (χ4v) is 1.32. The van der Waals surface area contributed by atoms with Crippen LogP contribution in [0.2, 0.25) is 0 Å². The van der Waals surface area contributed by atoms with Gasteiger partial charge in [0.15, 0.2) is 0 Å². The van der Waals surface area contributed by atoms with E-state index in [0.717, 1.165) is 13.0 Å². The molecule has 0 rings (SSSR count). The molecule has 0 aliphatic heterocycles. The molecule has 1 unspecified atom stereocenters. The highest BCUT2D eigenvalue weighted by molar-refractivity contribution is 5.65. The first-order valence-electron chi connectivity index (χ1n) is 5.76. The molecule has 0 saturated carbocycles. The van der Waals surface area contributed by atoms with Crippen molar-refractivity contribution in [3.05, 3.63) is 0 Å². The van der Waals surface area contributed by atoms with E-state index in [0.29, 0.717) is 13.0 Å². The number of hydrogen-bond acceptors (Lipinski definition) is 3. The molecule has 5 nitrogen and oxygen atoms in total. The van der Waals surface area contributed by atoms with Gasteiger partial charge in [0.2, 0.25) is 0 Å². The molecule has 2 N–H and O–H groups in total. The Labute approximate surface area is 103 Å². The summed E-state index contributed by atoms with van der Waals surface area (Å²) in [4.78, 5) is 14.0. The highest BCUT2D eigenvalue weighted by atomic mass is 16.4. The van der Waals surface area contributed by atoms with Gasteiger partial charge in [0.05, 0.1) is 12.6 Å². The van der Waals surface area contributed by atoms with Crippen molar-refractivity contribution < 1.29 is 15.0 Å². The first-order chi connectivity index (χ1) is 8.02. The predicted octanol–water partition coefficient (Wildman–Crippen LogP) is 0.692. The topological polar surface area (TPSA) is 64.0 Å². The monoisotopic (exact) mass is 242 g/mol. The highest BCUT2D eigenvalue weighted by Crippen LogP contribution is 2.00. The lowest BCUT2D eigenvalue weighted by atomic mass is 10.2. The molecule has 0 aromatic rings. The van der Waals surface area contributed by atoms with Gasteiger partial charge in [-0.1, -0.05) is 18.8 Å². The summed E-state index contributed by atoms with van der Waals surface area (Å²) in [5.74, 6) is 5.92. The van der Waals surface area contributed by atoms with E-state index in [1.165, 1.54) is 11.9 Å². The maximum absolute atomic E-state index is 10.8. The Hall–Kier alpha value is -1.25. The molecule has 98 valence electrons. The smallest absolute Gasteiger partial charge is 0.408 e. The number of rotatable bonds is 6. The van der Waals surface area contributed by atoms with Gasteiger partial charge < -0.3 is 10.2 Å². The van der Waals surface area contributed by atoms with Gasteiger partial charge >= 0.3 is 6.09 Å². The minimum Gasteiger partial charge on any atom is -0.465 e. The molecule has 0 bridgehead atoms. The van der Waals surface area contributed by atoms with Crippen molar-refractivity contribution in [3.63, 3.8) is 0 Å². The quantitative estimate of drug-likeness (QED) is 0.673. The zero-order chi connectivity index (χ0) is 13.3. The first kappa shape index (κ1) is 15.8. The summed E-state index contributed by atoms with van der Waals surface area (Å²) in [5, 5.41) is 17.5. The molecule has 1 amide bonds. The molecule has 5 heteroatoms. The Kier molecular flexibility index (Phi) is 8.20. The summed E-state index contributed by atoms with van der Waals surface area (Å²) >= 11 is 0. The summed E-state index contributed by atoms with van der Waals surface area (Å²) in [5.41, 5.74) is 0. The van der Waals surface area contributed by atoms with Crippen LogP contribution in [0.5, 0.6) is 0 Å². The zero-order valence-electron chi connectivity index (χ0n) is 10.8. The Morgan fingerprint density at radius 1 is 1.41 bits per heavy atom. The van der Waals surface area contributed by atoms with E-state index < -0.39 is 6.09 Å². The van der Waals surface area contributed by atoms with Crippen molar-refractivity contribution in [2.75, 3.05) is 33.8 Å². The Morgan fingerprint density at radius 2 is 2.06 bits per heavy atom. The van der Waals surface area contributed by atoms with Crippen molar-refractivity contribution in [3.8, 4) is 11.8 Å². The van der Waals surface area contributed by atoms with Crippen LogP contribution in [-0.2, 0) is 0 Å². The van der Waals surface area contributed by atoms with Crippen LogP contribution in [0.4, 0.5) is 4.79 Å². The van der Waals surface area contributed by atoms with Crippen LogP contribution in [0, 0.1) is 11.8 Å². The standard InChI is InChI=1S/C12H22N2O3/c1-4-11(14(3)12(16)17)7-5-8-13(2)9-6-10-15/h11,15H,4,6,8-10H2,1-3H3,(H,16,17). The Bertz CT molecular complexity index is 283. The van der Waals surface area contributed by atoms with Crippen molar-refractivity contribution in [2.45, 2.75) is 25.8 Å². The molecular weight excluding hydrogens is 220 g/mol. The molecule has 0 spiro atoms. The lowest BCUT2D eigenvalue weighted by Gasteiger charge is -2.19. The van der Waals surface area contributed by atoms with Gasteiger partial charge in [0, 0.05) is 20.2 Å². The Balaban J connectivity index is 4.16. The van der Waals surface area contributed by atoms with Crippen LogP contribution in [0.1, 0.15) is 19.8 Å². The second-order valence-corrected chi connectivity index (χ2v) is 3.95. The van der Waals surface area contributed by atoms with Crippen LogP contribution in [0.15, 0.2) is 0 Å². The fourth-order valence-electron chi connectivity index (χ4n) is 1.32. The summed E-state index contributed by atoms with van der Waals surface area (Å²) in [7, 11) is 3.45. The zero-order valence-corrected chi connectivity index (χ0v) is 10.8. The largest absolute Gasteiger partial charge is 0.465 e. The number of nitrogens with zero attached hydrogens (tertiary/aromatic N) is 2. The van der Waals surface area contributed by atoms with Crippen LogP contribution in [-0.4, -0.2) is 65.9 Å². The van der Waals surface area contributed by atoms with Crippen molar-refractivity contribution in [2.24, 2.45) is 0 Å². The molecule has 0 aliphatic carbocycles. The van der Waals surface area contributed by atoms with Gasteiger partial charge in [0.25, 0.3) is 0 Å². The van der Waals surface area contributed by atoms with Crippen molar-refractivity contribution in [1.82, 2.24) is 9.80 Å². The molecule has 17 heavy (non-hydrogen) atoms. The van der Waals surface area contributed by atoms with E-state index in [1.54, 1.807) is 0 Å². The third-order valence-corrected chi connectivity index (χ3v) is 2.47. The van der Waals surface area contributed by atoms with Gasteiger partial charge in [-0.15, -0.1) is 0 Å². The average molecular weight is 242 g/mol. The molecule has 0 heterocycles. The molecule has 0 saturated heterocycles. The normalized spacial score (nSPS) is 11.8. The number of carboxylic acid groups (broad SMARTS) is 1. The molecule has 0 fully saturated rings. The van der Waals surface area contributed by atoms with Gasteiger partial charge in [-0.05, 0) is 19.9 Å². The lowest BCUT2D eigenvalue weighted by Crippen LogP contribution is -2.34. The minimum atomic E-state index is -0.959. The van der Waals surface area contributed by atoms with Gasteiger partial charge in [-0.3, -0.25) is 9.80 Å². The van der Waals surface area contributed by atoms with E-state index >= 15 is 0 Å². The molecular formula is C12H22N2O3. The predicted molar refractivity (Wildman–Crippen MR) is 66.8 cm³/mol. The van der Waals surface area contributed by atoms with Crippen molar-refractivity contribution in [1.29, 1.82) is 0 Å². The van der Waals surface area contributed by atoms with E-state index in [1.807, 2.05) is 18.9 Å². The second-order valence-electron chi connectivity index (χ2n) is 3.95. The van der Waals surface area contributed by atoms with Crippen LogP contribution < -0.4 is 0 Å². The maximum atomic E-state index is 10.8. The fraction of sp³-hybridized carbons (Fsp3) is 0.750. The summed E-state index contributed by atoms with van der Waals surface area (Å²) in [6.45, 7) is 3.46.